The number of urea groups is 1. The highest BCUT2D eigenvalue weighted by molar-refractivity contribution is 6.07. The molecule has 2 heterocycles. The number of amides is 3. The predicted octanol–water partition coefficient (Wildman–Crippen LogP) is 1.76. The number of ether oxygens (including phenoxy) is 3. The molecule has 29 heavy (non-hydrogen) atoms. The lowest BCUT2D eigenvalue weighted by molar-refractivity contribution is -0.132. The lowest BCUT2D eigenvalue weighted by atomic mass is 9.91. The number of carbonyl (C=O) groups excluding carboxylic acids is 2. The molecule has 152 valence electrons. The Bertz CT molecular complexity index is 950. The van der Waals surface area contributed by atoms with Gasteiger partial charge in [-0.3, -0.25) is 9.69 Å². The normalized spacial score (nSPS) is 21.3. The lowest BCUT2D eigenvalue weighted by Crippen LogP contribution is -2.42. The Balaban J connectivity index is 1.43. The van der Waals surface area contributed by atoms with Gasteiger partial charge in [0, 0.05) is 0 Å². The van der Waals surface area contributed by atoms with Gasteiger partial charge in [-0.1, -0.05) is 6.07 Å². The number of β-amino-alcohol motifs (C(OH)–C–C–N with tert-alkyl or cyclic N) is 1. The highest BCUT2D eigenvalue weighted by Gasteiger charge is 2.49. The molecule has 0 unspecified atom stereocenters. The summed E-state index contributed by atoms with van der Waals surface area (Å²) in [6.07, 6.45) is -1.12. The minimum atomic E-state index is -1.30. The topological polar surface area (TPSA) is 97.3 Å². The summed E-state index contributed by atoms with van der Waals surface area (Å²) in [5, 5.41) is 12.9. The van der Waals surface area contributed by atoms with Crippen molar-refractivity contribution in [3.05, 3.63) is 53.8 Å². The van der Waals surface area contributed by atoms with Crippen molar-refractivity contribution in [3.63, 3.8) is 0 Å². The average molecular weight is 402 g/mol. The van der Waals surface area contributed by atoms with Gasteiger partial charge in [-0.05, 0) is 48.9 Å². The molecule has 2 N–H and O–H groups in total. The molecule has 9 heteroatoms. The van der Waals surface area contributed by atoms with E-state index in [4.69, 9.17) is 14.2 Å². The molecule has 2 atom stereocenters. The molecule has 2 aliphatic heterocycles. The first-order valence-corrected chi connectivity index (χ1v) is 8.97. The van der Waals surface area contributed by atoms with E-state index in [9.17, 15) is 19.1 Å². The van der Waals surface area contributed by atoms with Crippen molar-refractivity contribution in [3.8, 4) is 17.2 Å². The van der Waals surface area contributed by atoms with Crippen LogP contribution in [0.25, 0.3) is 0 Å². The molecule has 0 aliphatic carbocycles. The standard InChI is InChI=1S/C20H19FN2O6/c1-20(12-2-7-16-17(8-12)29-11-28-16)18(25)23(19(26)22-20)9-14(24)10-27-15-5-3-13(21)4-6-15/h2-8,14,24H,9-11H2,1H3,(H,22,26)/t14-,20+/m1/s1. The fraction of sp³-hybridized carbons (Fsp3) is 0.300. The zero-order valence-electron chi connectivity index (χ0n) is 15.6. The van der Waals surface area contributed by atoms with Crippen molar-refractivity contribution in [2.24, 2.45) is 0 Å². The third-order valence-electron chi connectivity index (χ3n) is 4.87. The van der Waals surface area contributed by atoms with Crippen molar-refractivity contribution in [1.29, 1.82) is 0 Å². The van der Waals surface area contributed by atoms with Crippen LogP contribution < -0.4 is 19.5 Å². The maximum atomic E-state index is 13.0. The molecular formula is C20H19FN2O6. The van der Waals surface area contributed by atoms with Crippen LogP contribution in [0.4, 0.5) is 9.18 Å². The summed E-state index contributed by atoms with van der Waals surface area (Å²) in [6, 6.07) is 9.71. The number of benzene rings is 2. The van der Waals surface area contributed by atoms with Gasteiger partial charge in [-0.25, -0.2) is 9.18 Å². The molecule has 1 fully saturated rings. The Morgan fingerprint density at radius 1 is 1.21 bits per heavy atom. The number of nitrogens with one attached hydrogen (secondary N) is 1. The van der Waals surface area contributed by atoms with E-state index in [0.717, 1.165) is 4.90 Å². The number of carbonyl (C=O) groups is 2. The molecule has 2 aromatic carbocycles. The van der Waals surface area contributed by atoms with Gasteiger partial charge in [0.1, 0.15) is 29.8 Å². The summed E-state index contributed by atoms with van der Waals surface area (Å²) in [4.78, 5) is 26.3. The molecule has 4 rings (SSSR count). The summed E-state index contributed by atoms with van der Waals surface area (Å²) in [6.45, 7) is 1.28. The number of rotatable bonds is 6. The molecule has 0 spiro atoms. The fourth-order valence-corrected chi connectivity index (χ4v) is 3.25. The smallest absolute Gasteiger partial charge is 0.325 e. The maximum Gasteiger partial charge on any atom is 0.325 e. The van der Waals surface area contributed by atoms with E-state index in [0.29, 0.717) is 22.8 Å². The number of aliphatic hydroxyl groups excluding tert-OH is 1. The Labute approximate surface area is 165 Å². The van der Waals surface area contributed by atoms with Gasteiger partial charge in [0.2, 0.25) is 6.79 Å². The van der Waals surface area contributed by atoms with E-state index < -0.39 is 29.4 Å². The van der Waals surface area contributed by atoms with Crippen LogP contribution in [0.2, 0.25) is 0 Å². The summed E-state index contributed by atoms with van der Waals surface area (Å²) in [7, 11) is 0. The van der Waals surface area contributed by atoms with Crippen LogP contribution in [0.5, 0.6) is 17.2 Å². The quantitative estimate of drug-likeness (QED) is 0.715. The summed E-state index contributed by atoms with van der Waals surface area (Å²) < 4.78 is 28.9. The van der Waals surface area contributed by atoms with Crippen molar-refractivity contribution < 1.29 is 33.3 Å². The van der Waals surface area contributed by atoms with Crippen LogP contribution in [-0.4, -0.2) is 48.0 Å². The van der Waals surface area contributed by atoms with E-state index in [2.05, 4.69) is 5.32 Å². The van der Waals surface area contributed by atoms with Gasteiger partial charge in [0.05, 0.1) is 6.54 Å². The van der Waals surface area contributed by atoms with E-state index >= 15 is 0 Å². The number of hydrogen-bond acceptors (Lipinski definition) is 6. The van der Waals surface area contributed by atoms with Crippen LogP contribution >= 0.6 is 0 Å². The number of halogens is 1. The fourth-order valence-electron chi connectivity index (χ4n) is 3.25. The Hall–Kier alpha value is -3.33. The monoisotopic (exact) mass is 402 g/mol. The lowest BCUT2D eigenvalue weighted by Gasteiger charge is -2.23. The van der Waals surface area contributed by atoms with Gasteiger partial charge in [-0.2, -0.15) is 0 Å². The molecule has 0 aromatic heterocycles. The number of imide groups is 1. The van der Waals surface area contributed by atoms with Crippen LogP contribution in [0.15, 0.2) is 42.5 Å². The van der Waals surface area contributed by atoms with Gasteiger partial charge >= 0.3 is 6.03 Å². The van der Waals surface area contributed by atoms with Crippen LogP contribution in [0.1, 0.15) is 12.5 Å². The van der Waals surface area contributed by atoms with E-state index in [1.165, 1.54) is 24.3 Å². The third-order valence-corrected chi connectivity index (χ3v) is 4.87. The van der Waals surface area contributed by atoms with Crippen molar-refractivity contribution >= 4 is 11.9 Å². The summed E-state index contributed by atoms with van der Waals surface area (Å²) in [5.41, 5.74) is -0.755. The number of fused-ring (bicyclic) bond motifs is 1. The van der Waals surface area contributed by atoms with E-state index in [-0.39, 0.29) is 19.9 Å². The minimum absolute atomic E-state index is 0.0994. The zero-order chi connectivity index (χ0) is 20.6. The summed E-state index contributed by atoms with van der Waals surface area (Å²) in [5.74, 6) is 0.534. The van der Waals surface area contributed by atoms with Gasteiger partial charge in [0.15, 0.2) is 11.5 Å². The minimum Gasteiger partial charge on any atom is -0.491 e. The Morgan fingerprint density at radius 3 is 2.69 bits per heavy atom. The van der Waals surface area contributed by atoms with Crippen LogP contribution in [-0.2, 0) is 10.3 Å². The third kappa shape index (κ3) is 3.56. The molecule has 2 aromatic rings. The molecule has 0 saturated carbocycles. The highest BCUT2D eigenvalue weighted by atomic mass is 19.1. The molecule has 3 amide bonds. The first kappa shape index (κ1) is 19.0. The second-order valence-electron chi connectivity index (χ2n) is 6.96. The first-order chi connectivity index (χ1) is 13.9. The molecule has 8 nitrogen and oxygen atoms in total. The number of hydrogen-bond donors (Lipinski definition) is 2. The van der Waals surface area contributed by atoms with E-state index in [1.54, 1.807) is 25.1 Å². The van der Waals surface area contributed by atoms with Crippen LogP contribution in [0, 0.1) is 5.82 Å². The van der Waals surface area contributed by atoms with E-state index in [1.807, 2.05) is 0 Å². The zero-order valence-corrected chi connectivity index (χ0v) is 15.6. The predicted molar refractivity (Wildman–Crippen MR) is 98.1 cm³/mol. The Morgan fingerprint density at radius 2 is 1.93 bits per heavy atom. The SMILES string of the molecule is C[C@@]1(c2ccc3c(c2)OCO3)NC(=O)N(C[C@@H](O)COc2ccc(F)cc2)C1=O. The number of aliphatic hydroxyl groups is 1. The van der Waals surface area contributed by atoms with Gasteiger partial charge in [-0.15, -0.1) is 0 Å². The Kier molecular flexibility index (Phi) is 4.75. The second kappa shape index (κ2) is 7.25. The molecular weight excluding hydrogens is 383 g/mol. The van der Waals surface area contributed by atoms with Crippen molar-refractivity contribution in [2.45, 2.75) is 18.6 Å². The summed E-state index contributed by atoms with van der Waals surface area (Å²) >= 11 is 0. The van der Waals surface area contributed by atoms with Crippen LogP contribution in [0.3, 0.4) is 0 Å². The van der Waals surface area contributed by atoms with Gasteiger partial charge in [0.25, 0.3) is 5.91 Å². The van der Waals surface area contributed by atoms with Gasteiger partial charge < -0.3 is 24.6 Å². The van der Waals surface area contributed by atoms with Crippen molar-refractivity contribution in [1.82, 2.24) is 10.2 Å². The molecule has 0 radical (unpaired) electrons. The van der Waals surface area contributed by atoms with Crippen molar-refractivity contribution in [2.75, 3.05) is 19.9 Å². The molecule has 1 saturated heterocycles. The molecule has 2 aliphatic rings. The highest BCUT2D eigenvalue weighted by Crippen LogP contribution is 2.37. The second-order valence-corrected chi connectivity index (χ2v) is 6.96. The largest absolute Gasteiger partial charge is 0.491 e. The maximum absolute atomic E-state index is 13.0. The average Bonchev–Trinajstić information content (AvgIpc) is 3.26. The molecule has 0 bridgehead atoms. The first-order valence-electron chi connectivity index (χ1n) is 8.97. The number of nitrogens with zero attached hydrogens (tertiary/aromatic N) is 1.